The maximum Gasteiger partial charge on any atom is 0.270 e. The molecule has 0 saturated carbocycles. The second-order valence-electron chi connectivity index (χ2n) is 5.19. The van der Waals surface area contributed by atoms with Gasteiger partial charge in [-0.25, -0.2) is 0 Å². The van der Waals surface area contributed by atoms with E-state index in [4.69, 9.17) is 21.7 Å². The van der Waals surface area contributed by atoms with E-state index in [1.165, 1.54) is 16.7 Å². The molecule has 1 amide bonds. The van der Waals surface area contributed by atoms with Crippen molar-refractivity contribution >= 4 is 46.0 Å². The van der Waals surface area contributed by atoms with Crippen LogP contribution in [0.5, 0.6) is 11.5 Å². The summed E-state index contributed by atoms with van der Waals surface area (Å²) in [7, 11) is 1.58. The van der Waals surface area contributed by atoms with Crippen molar-refractivity contribution < 1.29 is 14.3 Å². The molecule has 1 heterocycles. The number of thioether (sulfide) groups is 1. The van der Waals surface area contributed by atoms with Crippen molar-refractivity contribution in [2.24, 2.45) is 0 Å². The molecule has 0 aliphatic carbocycles. The summed E-state index contributed by atoms with van der Waals surface area (Å²) in [6.07, 6.45) is 1.84. The minimum absolute atomic E-state index is 0.145. The molecule has 128 valence electrons. The highest BCUT2D eigenvalue weighted by Gasteiger charge is 2.34. The molecular weight excluding hydrogens is 354 g/mol. The fourth-order valence-corrected chi connectivity index (χ4v) is 3.75. The number of para-hydroxylation sites is 2. The topological polar surface area (TPSA) is 38.8 Å². The highest BCUT2D eigenvalue weighted by Crippen LogP contribution is 2.39. The molecule has 1 saturated heterocycles. The SMILES string of the molecule is CCOc1ccc(C=C2SC(=S)N(c3ccccc3OC)C2=O)cc1. The molecule has 1 aliphatic heterocycles. The average molecular weight is 371 g/mol. The van der Waals surface area contributed by atoms with Crippen LogP contribution >= 0.6 is 24.0 Å². The van der Waals surface area contributed by atoms with Crippen LogP contribution in [-0.2, 0) is 4.79 Å². The van der Waals surface area contributed by atoms with Crippen LogP contribution < -0.4 is 14.4 Å². The molecule has 0 N–H and O–H groups in total. The van der Waals surface area contributed by atoms with E-state index in [9.17, 15) is 4.79 Å². The van der Waals surface area contributed by atoms with Gasteiger partial charge in [-0.2, -0.15) is 0 Å². The van der Waals surface area contributed by atoms with Crippen LogP contribution in [0.15, 0.2) is 53.4 Å². The Morgan fingerprint density at radius 3 is 2.56 bits per heavy atom. The Hall–Kier alpha value is -2.31. The normalized spacial score (nSPS) is 15.8. The van der Waals surface area contributed by atoms with Crippen molar-refractivity contribution in [3.8, 4) is 11.5 Å². The van der Waals surface area contributed by atoms with Gasteiger partial charge in [-0.05, 0) is 42.8 Å². The monoisotopic (exact) mass is 371 g/mol. The van der Waals surface area contributed by atoms with Gasteiger partial charge in [0, 0.05) is 0 Å². The Morgan fingerprint density at radius 2 is 1.88 bits per heavy atom. The lowest BCUT2D eigenvalue weighted by molar-refractivity contribution is -0.113. The summed E-state index contributed by atoms with van der Waals surface area (Å²) in [5, 5.41) is 0. The molecule has 6 heteroatoms. The fourth-order valence-electron chi connectivity index (χ4n) is 2.47. The summed E-state index contributed by atoms with van der Waals surface area (Å²) in [5.41, 5.74) is 1.58. The zero-order valence-electron chi connectivity index (χ0n) is 13.9. The molecular formula is C19H17NO3S2. The van der Waals surface area contributed by atoms with Crippen molar-refractivity contribution in [2.75, 3.05) is 18.6 Å². The third-order valence-electron chi connectivity index (χ3n) is 3.61. The van der Waals surface area contributed by atoms with E-state index in [2.05, 4.69) is 0 Å². The number of nitrogens with zero attached hydrogens (tertiary/aromatic N) is 1. The van der Waals surface area contributed by atoms with Crippen LogP contribution in [0.4, 0.5) is 5.69 Å². The van der Waals surface area contributed by atoms with Crippen molar-refractivity contribution in [3.63, 3.8) is 0 Å². The van der Waals surface area contributed by atoms with Gasteiger partial charge < -0.3 is 9.47 Å². The first kappa shape index (κ1) is 17.5. The van der Waals surface area contributed by atoms with Gasteiger partial charge in [0.15, 0.2) is 4.32 Å². The first-order chi connectivity index (χ1) is 12.1. The first-order valence-corrected chi connectivity index (χ1v) is 9.00. The number of rotatable bonds is 5. The number of hydrogen-bond donors (Lipinski definition) is 0. The number of carbonyl (C=O) groups excluding carboxylic acids is 1. The zero-order chi connectivity index (χ0) is 17.8. The van der Waals surface area contributed by atoms with E-state index in [1.807, 2.05) is 61.5 Å². The molecule has 2 aromatic rings. The predicted molar refractivity (Wildman–Crippen MR) is 106 cm³/mol. The molecule has 4 nitrogen and oxygen atoms in total. The molecule has 0 radical (unpaired) electrons. The number of methoxy groups -OCH3 is 1. The van der Waals surface area contributed by atoms with Gasteiger partial charge in [0.2, 0.25) is 0 Å². The van der Waals surface area contributed by atoms with Crippen LogP contribution in [0.3, 0.4) is 0 Å². The molecule has 25 heavy (non-hydrogen) atoms. The number of hydrogen-bond acceptors (Lipinski definition) is 5. The highest BCUT2D eigenvalue weighted by atomic mass is 32.2. The number of ether oxygens (including phenoxy) is 2. The quantitative estimate of drug-likeness (QED) is 0.572. The minimum atomic E-state index is -0.145. The Kier molecular flexibility index (Phi) is 5.40. The number of amides is 1. The van der Waals surface area contributed by atoms with Crippen LogP contribution in [0.2, 0.25) is 0 Å². The second kappa shape index (κ2) is 7.72. The summed E-state index contributed by atoms with van der Waals surface area (Å²) in [6.45, 7) is 2.56. The van der Waals surface area contributed by atoms with Gasteiger partial charge >= 0.3 is 0 Å². The van der Waals surface area contributed by atoms with Crippen molar-refractivity contribution in [3.05, 3.63) is 59.0 Å². The molecule has 0 unspecified atom stereocenters. The van der Waals surface area contributed by atoms with Crippen molar-refractivity contribution in [2.45, 2.75) is 6.92 Å². The molecule has 1 aliphatic rings. The average Bonchev–Trinajstić information content (AvgIpc) is 2.90. The van der Waals surface area contributed by atoms with E-state index in [0.29, 0.717) is 27.3 Å². The summed E-state index contributed by atoms with van der Waals surface area (Å²) >= 11 is 6.69. The Balaban J connectivity index is 1.88. The van der Waals surface area contributed by atoms with Crippen molar-refractivity contribution in [1.29, 1.82) is 0 Å². The second-order valence-corrected chi connectivity index (χ2v) is 6.87. The lowest BCUT2D eigenvalue weighted by Gasteiger charge is -2.17. The Bertz CT molecular complexity index is 831. The smallest absolute Gasteiger partial charge is 0.270 e. The lowest BCUT2D eigenvalue weighted by atomic mass is 10.2. The van der Waals surface area contributed by atoms with Gasteiger partial charge in [-0.15, -0.1) is 0 Å². The van der Waals surface area contributed by atoms with Crippen LogP contribution in [0.1, 0.15) is 12.5 Å². The maximum absolute atomic E-state index is 12.8. The molecule has 3 rings (SSSR count). The van der Waals surface area contributed by atoms with Gasteiger partial charge in [-0.1, -0.05) is 48.2 Å². The Morgan fingerprint density at radius 1 is 1.16 bits per heavy atom. The van der Waals surface area contributed by atoms with Gasteiger partial charge in [-0.3, -0.25) is 9.69 Å². The summed E-state index contributed by atoms with van der Waals surface area (Å²) in [5.74, 6) is 1.27. The third-order valence-corrected chi connectivity index (χ3v) is 4.91. The van der Waals surface area contributed by atoms with Crippen LogP contribution in [0, 0.1) is 0 Å². The third kappa shape index (κ3) is 3.70. The lowest BCUT2D eigenvalue weighted by Crippen LogP contribution is -2.27. The van der Waals surface area contributed by atoms with E-state index in [0.717, 1.165) is 11.3 Å². The van der Waals surface area contributed by atoms with E-state index < -0.39 is 0 Å². The minimum Gasteiger partial charge on any atom is -0.495 e. The largest absolute Gasteiger partial charge is 0.495 e. The van der Waals surface area contributed by atoms with Crippen molar-refractivity contribution in [1.82, 2.24) is 0 Å². The highest BCUT2D eigenvalue weighted by molar-refractivity contribution is 8.27. The van der Waals surface area contributed by atoms with E-state index in [1.54, 1.807) is 7.11 Å². The Labute approximate surface area is 156 Å². The van der Waals surface area contributed by atoms with Gasteiger partial charge in [0.25, 0.3) is 5.91 Å². The van der Waals surface area contributed by atoms with Crippen LogP contribution in [-0.4, -0.2) is 23.9 Å². The van der Waals surface area contributed by atoms with Gasteiger partial charge in [0.05, 0.1) is 24.3 Å². The standard InChI is InChI=1S/C19H17NO3S2/c1-3-23-14-10-8-13(9-11-14)12-17-18(21)20(19(24)25-17)15-6-4-5-7-16(15)22-2/h4-12H,3H2,1-2H3. The maximum atomic E-state index is 12.8. The molecule has 0 atom stereocenters. The number of benzene rings is 2. The molecule has 2 aromatic carbocycles. The summed E-state index contributed by atoms with van der Waals surface area (Å²) in [6, 6.07) is 14.9. The van der Waals surface area contributed by atoms with E-state index in [-0.39, 0.29) is 5.91 Å². The van der Waals surface area contributed by atoms with E-state index >= 15 is 0 Å². The molecule has 0 spiro atoms. The van der Waals surface area contributed by atoms with Crippen LogP contribution in [0.25, 0.3) is 6.08 Å². The molecule has 0 bridgehead atoms. The predicted octanol–water partition coefficient (Wildman–Crippen LogP) is 4.50. The fraction of sp³-hybridized carbons (Fsp3) is 0.158. The van der Waals surface area contributed by atoms with Gasteiger partial charge in [0.1, 0.15) is 11.5 Å². The number of carbonyl (C=O) groups is 1. The summed E-state index contributed by atoms with van der Waals surface area (Å²) in [4.78, 5) is 14.9. The number of thiocarbonyl (C=S) groups is 1. The summed E-state index contributed by atoms with van der Waals surface area (Å²) < 4.78 is 11.3. The molecule has 0 aromatic heterocycles. The first-order valence-electron chi connectivity index (χ1n) is 7.78. The molecule has 1 fully saturated rings. The number of anilines is 1. The zero-order valence-corrected chi connectivity index (χ0v) is 15.5.